The smallest absolute Gasteiger partial charge is 0.341 e. The van der Waals surface area contributed by atoms with Crippen molar-refractivity contribution in [3.63, 3.8) is 0 Å². The van der Waals surface area contributed by atoms with E-state index >= 15 is 0 Å². The third-order valence-electron chi connectivity index (χ3n) is 1.69. The molecule has 3 N–H and O–H groups in total. The molecular weight excluding hydrogens is 183 g/mol. The van der Waals surface area contributed by atoms with Crippen LogP contribution in [0.15, 0.2) is 6.20 Å². The van der Waals surface area contributed by atoms with Crippen molar-refractivity contribution in [3.05, 3.63) is 17.7 Å². The zero-order valence-corrected chi connectivity index (χ0v) is 7.02. The fraction of sp³-hybridized carbons (Fsp3) is 0.571. The van der Waals surface area contributed by atoms with Gasteiger partial charge in [0.25, 0.3) is 0 Å². The number of imidazole rings is 1. The topological polar surface area (TPSA) is 54.7 Å². The molecule has 1 unspecified atom stereocenters. The third-order valence-corrected chi connectivity index (χ3v) is 1.69. The molecule has 0 aliphatic carbocycles. The van der Waals surface area contributed by atoms with Crippen LogP contribution in [0.3, 0.4) is 0 Å². The van der Waals surface area contributed by atoms with Crippen LogP contribution in [-0.4, -0.2) is 9.97 Å². The lowest BCUT2D eigenvalue weighted by atomic mass is 10.2. The lowest BCUT2D eigenvalue weighted by Gasteiger charge is -2.03. The molecule has 6 heteroatoms. The number of hydrogen-bond acceptors (Lipinski definition) is 2. The van der Waals surface area contributed by atoms with Gasteiger partial charge < -0.3 is 10.7 Å². The van der Waals surface area contributed by atoms with Gasteiger partial charge in [-0.25, -0.2) is 4.98 Å². The Bertz CT molecular complexity index is 279. The fourth-order valence-electron chi connectivity index (χ4n) is 0.880. The Kier molecular flexibility index (Phi) is 2.60. The maximum atomic E-state index is 12.0. The zero-order valence-electron chi connectivity index (χ0n) is 7.02. The van der Waals surface area contributed by atoms with Crippen LogP contribution in [0.2, 0.25) is 0 Å². The van der Waals surface area contributed by atoms with E-state index < -0.39 is 18.0 Å². The minimum absolute atomic E-state index is 0.245. The number of H-pyrrole nitrogens is 1. The highest BCUT2D eigenvalue weighted by molar-refractivity contribution is 5.07. The van der Waals surface area contributed by atoms with Crippen LogP contribution >= 0.6 is 0 Å². The molecule has 0 saturated heterocycles. The van der Waals surface area contributed by atoms with Gasteiger partial charge in [-0.1, -0.05) is 6.92 Å². The number of hydrogen-bond donors (Lipinski definition) is 2. The van der Waals surface area contributed by atoms with Gasteiger partial charge in [-0.3, -0.25) is 0 Å². The minimum atomic E-state index is -4.42. The molecule has 13 heavy (non-hydrogen) atoms. The first-order valence-electron chi connectivity index (χ1n) is 3.83. The number of aromatic amines is 1. The van der Waals surface area contributed by atoms with E-state index in [1.54, 1.807) is 6.92 Å². The standard InChI is InChI=1S/C7H10F3N3/c1-2-4(11)5-3-12-6(13-5)7(8,9)10/h3-4H,2,11H2,1H3,(H,12,13). The van der Waals surface area contributed by atoms with Crippen molar-refractivity contribution in [3.8, 4) is 0 Å². The van der Waals surface area contributed by atoms with Crippen LogP contribution in [0.25, 0.3) is 0 Å². The molecule has 1 aromatic rings. The quantitative estimate of drug-likeness (QED) is 0.752. The predicted octanol–water partition coefficient (Wildman–Crippen LogP) is 1.84. The highest BCUT2D eigenvalue weighted by Gasteiger charge is 2.34. The van der Waals surface area contributed by atoms with Crippen molar-refractivity contribution >= 4 is 0 Å². The Morgan fingerprint density at radius 2 is 2.23 bits per heavy atom. The summed E-state index contributed by atoms with van der Waals surface area (Å²) >= 11 is 0. The average molecular weight is 193 g/mol. The number of rotatable bonds is 2. The van der Waals surface area contributed by atoms with Gasteiger partial charge >= 0.3 is 6.18 Å². The van der Waals surface area contributed by atoms with Crippen LogP contribution in [0, 0.1) is 0 Å². The number of halogens is 3. The summed E-state index contributed by atoms with van der Waals surface area (Å²) in [6.45, 7) is 1.78. The number of aromatic nitrogens is 2. The first-order chi connectivity index (χ1) is 5.95. The van der Waals surface area contributed by atoms with Crippen molar-refractivity contribution in [1.82, 2.24) is 9.97 Å². The SMILES string of the molecule is CCC(N)c1c[nH]c(C(F)(F)F)n1. The lowest BCUT2D eigenvalue weighted by Crippen LogP contribution is -2.11. The summed E-state index contributed by atoms with van der Waals surface area (Å²) in [5, 5.41) is 0. The van der Waals surface area contributed by atoms with Gasteiger partial charge in [0, 0.05) is 12.2 Å². The third kappa shape index (κ3) is 2.21. The molecule has 0 saturated carbocycles. The van der Waals surface area contributed by atoms with Gasteiger partial charge in [0.05, 0.1) is 5.69 Å². The Morgan fingerprint density at radius 3 is 2.62 bits per heavy atom. The number of alkyl halides is 3. The predicted molar refractivity (Wildman–Crippen MR) is 40.8 cm³/mol. The van der Waals surface area contributed by atoms with E-state index in [1.807, 2.05) is 4.98 Å². The fourth-order valence-corrected chi connectivity index (χ4v) is 0.880. The molecule has 0 fully saturated rings. The van der Waals surface area contributed by atoms with Gasteiger partial charge in [-0.2, -0.15) is 13.2 Å². The molecule has 0 radical (unpaired) electrons. The Labute approximate surface area is 73.2 Å². The highest BCUT2D eigenvalue weighted by atomic mass is 19.4. The van der Waals surface area contributed by atoms with Gasteiger partial charge in [0.1, 0.15) is 0 Å². The second kappa shape index (κ2) is 3.37. The monoisotopic (exact) mass is 193 g/mol. The first-order valence-corrected chi connectivity index (χ1v) is 3.83. The minimum Gasteiger partial charge on any atom is -0.341 e. The van der Waals surface area contributed by atoms with Gasteiger partial charge in [0.15, 0.2) is 0 Å². The van der Waals surface area contributed by atoms with E-state index in [2.05, 4.69) is 4.98 Å². The van der Waals surface area contributed by atoms with Gasteiger partial charge in [0.2, 0.25) is 5.82 Å². The summed E-state index contributed by atoms with van der Waals surface area (Å²) in [4.78, 5) is 5.39. The van der Waals surface area contributed by atoms with E-state index in [0.717, 1.165) is 0 Å². The first kappa shape index (κ1) is 10.0. The molecule has 0 aromatic carbocycles. The molecule has 1 aromatic heterocycles. The van der Waals surface area contributed by atoms with Crippen LogP contribution in [0.4, 0.5) is 13.2 Å². The number of nitrogens with one attached hydrogen (secondary N) is 1. The maximum Gasteiger partial charge on any atom is 0.449 e. The zero-order chi connectivity index (χ0) is 10.1. The van der Waals surface area contributed by atoms with E-state index in [0.29, 0.717) is 6.42 Å². The Hall–Kier alpha value is -1.04. The van der Waals surface area contributed by atoms with Crippen LogP contribution in [0.1, 0.15) is 30.9 Å². The molecule has 74 valence electrons. The summed E-state index contributed by atoms with van der Waals surface area (Å²) in [5.74, 6) is -0.994. The Morgan fingerprint density at radius 1 is 1.62 bits per heavy atom. The van der Waals surface area contributed by atoms with Gasteiger partial charge in [-0.05, 0) is 6.42 Å². The summed E-state index contributed by atoms with van der Waals surface area (Å²) in [6.07, 6.45) is -2.68. The largest absolute Gasteiger partial charge is 0.449 e. The molecule has 0 amide bonds. The molecule has 1 heterocycles. The highest BCUT2D eigenvalue weighted by Crippen LogP contribution is 2.27. The normalized spacial score (nSPS) is 14.5. The van der Waals surface area contributed by atoms with E-state index in [4.69, 9.17) is 5.73 Å². The summed E-state index contributed by atoms with van der Waals surface area (Å²) < 4.78 is 36.1. The molecule has 0 bridgehead atoms. The van der Waals surface area contributed by atoms with Crippen molar-refractivity contribution in [2.24, 2.45) is 5.73 Å². The van der Waals surface area contributed by atoms with Crippen molar-refractivity contribution in [2.45, 2.75) is 25.6 Å². The van der Waals surface area contributed by atoms with Crippen LogP contribution < -0.4 is 5.73 Å². The van der Waals surface area contributed by atoms with E-state index in [1.165, 1.54) is 6.20 Å². The molecule has 1 atom stereocenters. The number of nitrogens with two attached hydrogens (primary N) is 1. The molecule has 3 nitrogen and oxygen atoms in total. The second-order valence-electron chi connectivity index (χ2n) is 2.69. The van der Waals surface area contributed by atoms with Crippen molar-refractivity contribution in [1.29, 1.82) is 0 Å². The molecule has 0 aliphatic heterocycles. The van der Waals surface area contributed by atoms with Crippen molar-refractivity contribution < 1.29 is 13.2 Å². The molecule has 0 aliphatic rings. The lowest BCUT2D eigenvalue weighted by molar-refractivity contribution is -0.144. The van der Waals surface area contributed by atoms with Crippen LogP contribution in [-0.2, 0) is 6.18 Å². The maximum absolute atomic E-state index is 12.0. The van der Waals surface area contributed by atoms with E-state index in [9.17, 15) is 13.2 Å². The average Bonchev–Trinajstić information content (AvgIpc) is 2.50. The summed E-state index contributed by atoms with van der Waals surface area (Å²) in [6, 6.07) is -0.438. The molecule has 0 spiro atoms. The Balaban J connectivity index is 2.87. The van der Waals surface area contributed by atoms with Crippen molar-refractivity contribution in [2.75, 3.05) is 0 Å². The number of nitrogens with zero attached hydrogens (tertiary/aromatic N) is 1. The molecule has 1 rings (SSSR count). The summed E-state index contributed by atoms with van der Waals surface area (Å²) in [7, 11) is 0. The van der Waals surface area contributed by atoms with E-state index in [-0.39, 0.29) is 5.69 Å². The molecular formula is C7H10F3N3. The van der Waals surface area contributed by atoms with Gasteiger partial charge in [-0.15, -0.1) is 0 Å². The summed E-state index contributed by atoms with van der Waals surface area (Å²) in [5.41, 5.74) is 5.75. The second-order valence-corrected chi connectivity index (χ2v) is 2.69. The van der Waals surface area contributed by atoms with Crippen LogP contribution in [0.5, 0.6) is 0 Å².